The summed E-state index contributed by atoms with van der Waals surface area (Å²) in [6.45, 7) is 0. The molecule has 0 radical (unpaired) electrons. The molecule has 0 aliphatic carbocycles. The van der Waals surface area contributed by atoms with Crippen LogP contribution < -0.4 is 0 Å². The summed E-state index contributed by atoms with van der Waals surface area (Å²) in [7, 11) is 0. The lowest BCUT2D eigenvalue weighted by Crippen LogP contribution is -1.84. The van der Waals surface area contributed by atoms with Crippen LogP contribution in [-0.4, -0.2) is 10.1 Å². The van der Waals surface area contributed by atoms with Gasteiger partial charge < -0.3 is 4.52 Å². The highest BCUT2D eigenvalue weighted by Gasteiger charge is 2.16. The Kier molecular flexibility index (Phi) is 2.50. The maximum Gasteiger partial charge on any atom is 0.168 e. The highest BCUT2D eigenvalue weighted by Crippen LogP contribution is 2.37. The summed E-state index contributed by atoms with van der Waals surface area (Å²) in [5.74, 6) is 0. The molecule has 0 spiro atoms. The fraction of sp³-hybridized carbons (Fsp3) is 0. The van der Waals surface area contributed by atoms with E-state index in [1.807, 2.05) is 24.3 Å². The highest BCUT2D eigenvalue weighted by atomic mass is 16.5. The molecule has 0 unspecified atom stereocenters. The summed E-state index contributed by atoms with van der Waals surface area (Å²) in [6.07, 6.45) is 1.78. The highest BCUT2D eigenvalue weighted by molar-refractivity contribution is 6.22. The van der Waals surface area contributed by atoms with E-state index in [0.717, 1.165) is 22.4 Å². The zero-order valence-corrected chi connectivity index (χ0v) is 12.2. The minimum atomic E-state index is 0.787. The molecule has 0 aliphatic rings. The standard InChI is InChI=1S/C20H12N2O/c1-2-6-15-13(5-1)8-9-14-10-11-17-19(18(14)15)20(22-23-17)16-7-3-4-12-21-16/h1-12H. The molecule has 0 amide bonds. The lowest BCUT2D eigenvalue weighted by atomic mass is 9.97. The molecule has 0 N–H and O–H groups in total. The molecule has 5 aromatic rings. The Balaban J connectivity index is 2.03. The molecule has 3 aromatic carbocycles. The second kappa shape index (κ2) is 4.65. The van der Waals surface area contributed by atoms with Crippen molar-refractivity contribution in [3.63, 3.8) is 0 Å². The number of aromatic nitrogens is 2. The molecule has 5 rings (SSSR count). The molecule has 108 valence electrons. The minimum absolute atomic E-state index is 0.787. The number of benzene rings is 3. The number of hydrogen-bond donors (Lipinski definition) is 0. The van der Waals surface area contributed by atoms with Crippen molar-refractivity contribution >= 4 is 32.5 Å². The largest absolute Gasteiger partial charge is 0.356 e. The van der Waals surface area contributed by atoms with Gasteiger partial charge in [-0.15, -0.1) is 0 Å². The maximum atomic E-state index is 5.57. The third kappa shape index (κ3) is 1.77. The van der Waals surface area contributed by atoms with E-state index in [1.165, 1.54) is 21.5 Å². The normalized spacial score (nSPS) is 11.5. The number of pyridine rings is 1. The molecule has 2 heterocycles. The van der Waals surface area contributed by atoms with Crippen LogP contribution in [0.3, 0.4) is 0 Å². The molecule has 3 nitrogen and oxygen atoms in total. The van der Waals surface area contributed by atoms with E-state index in [2.05, 4.69) is 52.6 Å². The third-order valence-corrected chi connectivity index (χ3v) is 4.25. The number of nitrogens with zero attached hydrogens (tertiary/aromatic N) is 2. The molecule has 0 saturated heterocycles. The zero-order chi connectivity index (χ0) is 15.2. The summed E-state index contributed by atoms with van der Waals surface area (Å²) >= 11 is 0. The summed E-state index contributed by atoms with van der Waals surface area (Å²) in [5, 5.41) is 10.1. The van der Waals surface area contributed by atoms with Gasteiger partial charge in [-0.25, -0.2) is 0 Å². The Labute approximate surface area is 132 Å². The van der Waals surface area contributed by atoms with Crippen molar-refractivity contribution < 1.29 is 4.52 Å². The Morgan fingerprint density at radius 1 is 0.696 bits per heavy atom. The molecule has 2 aromatic heterocycles. The molecule has 23 heavy (non-hydrogen) atoms. The smallest absolute Gasteiger partial charge is 0.168 e. The number of fused-ring (bicyclic) bond motifs is 5. The van der Waals surface area contributed by atoms with E-state index in [0.29, 0.717) is 0 Å². The van der Waals surface area contributed by atoms with Gasteiger partial charge in [0, 0.05) is 11.6 Å². The van der Waals surface area contributed by atoms with Crippen LogP contribution in [0.1, 0.15) is 0 Å². The van der Waals surface area contributed by atoms with E-state index < -0.39 is 0 Å². The quantitative estimate of drug-likeness (QED) is 0.399. The van der Waals surface area contributed by atoms with Crippen LogP contribution in [0.25, 0.3) is 43.9 Å². The van der Waals surface area contributed by atoms with Gasteiger partial charge in [0.15, 0.2) is 5.58 Å². The molecule has 0 bridgehead atoms. The first-order valence-electron chi connectivity index (χ1n) is 7.53. The molecule has 3 heteroatoms. The van der Waals surface area contributed by atoms with Crippen molar-refractivity contribution in [1.82, 2.24) is 10.1 Å². The molecule has 0 atom stereocenters. The van der Waals surface area contributed by atoms with Crippen molar-refractivity contribution in [1.29, 1.82) is 0 Å². The van der Waals surface area contributed by atoms with E-state index in [4.69, 9.17) is 4.52 Å². The Morgan fingerprint density at radius 2 is 1.52 bits per heavy atom. The summed E-state index contributed by atoms with van der Waals surface area (Å²) in [5.41, 5.74) is 2.41. The van der Waals surface area contributed by atoms with Crippen molar-refractivity contribution in [3.8, 4) is 11.4 Å². The van der Waals surface area contributed by atoms with Crippen LogP contribution in [0, 0.1) is 0 Å². The van der Waals surface area contributed by atoms with Gasteiger partial charge in [0.05, 0.1) is 11.1 Å². The van der Waals surface area contributed by atoms with Gasteiger partial charge in [0.25, 0.3) is 0 Å². The Bertz CT molecular complexity index is 1160. The van der Waals surface area contributed by atoms with Crippen LogP contribution in [0.15, 0.2) is 77.4 Å². The molecule has 0 saturated carbocycles. The Hall–Kier alpha value is -3.20. The van der Waals surface area contributed by atoms with E-state index in [9.17, 15) is 0 Å². The van der Waals surface area contributed by atoms with Gasteiger partial charge in [-0.3, -0.25) is 4.98 Å². The van der Waals surface area contributed by atoms with Gasteiger partial charge in [0.2, 0.25) is 0 Å². The van der Waals surface area contributed by atoms with Gasteiger partial charge in [-0.2, -0.15) is 0 Å². The first-order chi connectivity index (χ1) is 11.4. The van der Waals surface area contributed by atoms with Crippen LogP contribution in [-0.2, 0) is 0 Å². The monoisotopic (exact) mass is 296 g/mol. The van der Waals surface area contributed by atoms with Gasteiger partial charge in [-0.1, -0.05) is 53.7 Å². The average Bonchev–Trinajstić information content (AvgIpc) is 3.06. The number of rotatable bonds is 1. The van der Waals surface area contributed by atoms with Crippen LogP contribution >= 0.6 is 0 Å². The second-order valence-corrected chi connectivity index (χ2v) is 5.57. The van der Waals surface area contributed by atoms with Crippen LogP contribution in [0.4, 0.5) is 0 Å². The van der Waals surface area contributed by atoms with Crippen molar-refractivity contribution in [2.45, 2.75) is 0 Å². The summed E-state index contributed by atoms with van der Waals surface area (Å²) < 4.78 is 5.57. The van der Waals surface area contributed by atoms with Crippen molar-refractivity contribution in [3.05, 3.63) is 72.9 Å². The summed E-state index contributed by atoms with van der Waals surface area (Å²) in [4.78, 5) is 4.44. The zero-order valence-electron chi connectivity index (χ0n) is 12.2. The molecular formula is C20H12N2O. The molecule has 0 aliphatic heterocycles. The predicted molar refractivity (Wildman–Crippen MR) is 92.3 cm³/mol. The predicted octanol–water partition coefficient (Wildman–Crippen LogP) is 5.20. The SMILES string of the molecule is c1ccc(-c2noc3ccc4ccc5ccccc5c4c23)nc1. The fourth-order valence-electron chi connectivity index (χ4n) is 3.21. The second-order valence-electron chi connectivity index (χ2n) is 5.57. The van der Waals surface area contributed by atoms with E-state index in [-0.39, 0.29) is 0 Å². The maximum absolute atomic E-state index is 5.57. The number of hydrogen-bond acceptors (Lipinski definition) is 3. The lowest BCUT2D eigenvalue weighted by molar-refractivity contribution is 0.459. The van der Waals surface area contributed by atoms with Gasteiger partial charge in [0.1, 0.15) is 5.69 Å². The summed E-state index contributed by atoms with van der Waals surface area (Å²) in [6, 6.07) is 22.6. The lowest BCUT2D eigenvalue weighted by Gasteiger charge is -2.05. The van der Waals surface area contributed by atoms with Gasteiger partial charge in [-0.05, 0) is 34.4 Å². The first-order valence-corrected chi connectivity index (χ1v) is 7.53. The molecule has 0 fully saturated rings. The Morgan fingerprint density at radius 3 is 2.43 bits per heavy atom. The van der Waals surface area contributed by atoms with Gasteiger partial charge >= 0.3 is 0 Å². The first kappa shape index (κ1) is 12.4. The molecular weight excluding hydrogens is 284 g/mol. The topological polar surface area (TPSA) is 38.9 Å². The van der Waals surface area contributed by atoms with E-state index >= 15 is 0 Å². The third-order valence-electron chi connectivity index (χ3n) is 4.25. The van der Waals surface area contributed by atoms with Crippen LogP contribution in [0.5, 0.6) is 0 Å². The minimum Gasteiger partial charge on any atom is -0.356 e. The average molecular weight is 296 g/mol. The van der Waals surface area contributed by atoms with Crippen LogP contribution in [0.2, 0.25) is 0 Å². The van der Waals surface area contributed by atoms with E-state index in [1.54, 1.807) is 6.20 Å². The van der Waals surface area contributed by atoms with Crippen molar-refractivity contribution in [2.75, 3.05) is 0 Å². The van der Waals surface area contributed by atoms with Crippen molar-refractivity contribution in [2.24, 2.45) is 0 Å². The fourth-order valence-corrected chi connectivity index (χ4v) is 3.21.